The van der Waals surface area contributed by atoms with Gasteiger partial charge in [-0.05, 0) is 109 Å². The molecule has 9 aromatic carbocycles. The van der Waals surface area contributed by atoms with Crippen LogP contribution < -0.4 is 5.32 Å². The maximum atomic E-state index is 10.9. The summed E-state index contributed by atoms with van der Waals surface area (Å²) >= 11 is 0. The summed E-state index contributed by atoms with van der Waals surface area (Å²) in [5.41, 5.74) is 17.2. The van der Waals surface area contributed by atoms with Crippen LogP contribution in [0.3, 0.4) is 0 Å². The molecule has 1 aromatic heterocycles. The number of benzene rings is 9. The molecule has 10 aromatic rings. The fourth-order valence-corrected chi connectivity index (χ4v) is 8.13. The molecule has 310 valence electrons. The quantitative estimate of drug-likeness (QED) is 0.128. The molecule has 0 amide bonds. The number of para-hydroxylation sites is 1. The molecule has 0 unspecified atom stereocenters. The van der Waals surface area contributed by atoms with Gasteiger partial charge in [-0.1, -0.05) is 208 Å². The number of nitrogens with one attached hydrogen (secondary N) is 1. The normalized spacial score (nSPS) is 11.4. The predicted molar refractivity (Wildman–Crippen MR) is 272 cm³/mol. The second-order valence-corrected chi connectivity index (χ2v) is 15.5. The molecule has 0 aliphatic carbocycles. The van der Waals surface area contributed by atoms with Gasteiger partial charge in [-0.15, -0.1) is 0 Å². The maximum Gasteiger partial charge on any atom is 0.135 e. The first-order valence-electron chi connectivity index (χ1n) is 22.0. The Morgan fingerprint density at radius 1 is 0.453 bits per heavy atom. The predicted octanol–water partition coefficient (Wildman–Crippen LogP) is 16.9. The van der Waals surface area contributed by atoms with Crippen molar-refractivity contribution in [1.82, 2.24) is 0 Å². The molecule has 0 saturated heterocycles. The second-order valence-electron chi connectivity index (χ2n) is 15.5. The van der Waals surface area contributed by atoms with E-state index in [-0.39, 0.29) is 5.75 Å². The third-order valence-corrected chi connectivity index (χ3v) is 11.5. The van der Waals surface area contributed by atoms with Gasteiger partial charge in [-0.25, -0.2) is 0 Å². The number of phenols is 1. The van der Waals surface area contributed by atoms with E-state index in [1.54, 1.807) is 6.07 Å². The van der Waals surface area contributed by atoms with Crippen LogP contribution in [0.5, 0.6) is 5.75 Å². The van der Waals surface area contributed by atoms with Crippen LogP contribution in [-0.4, -0.2) is 11.7 Å². The molecular weight excluding hydrogens is 779 g/mol. The van der Waals surface area contributed by atoms with Gasteiger partial charge in [0, 0.05) is 28.6 Å². The summed E-state index contributed by atoms with van der Waals surface area (Å²) in [6.45, 7) is 4.61. The molecule has 0 aliphatic heterocycles. The monoisotopic (exact) mass is 827 g/mol. The summed E-state index contributed by atoms with van der Waals surface area (Å²) in [5, 5.41) is 16.7. The molecule has 0 saturated carbocycles. The minimum absolute atomic E-state index is 0.256. The minimum atomic E-state index is 0.256. The average molecular weight is 828 g/mol. The van der Waals surface area contributed by atoms with Crippen molar-refractivity contribution in [1.29, 1.82) is 0 Å². The molecule has 3 heteroatoms. The lowest BCUT2D eigenvalue weighted by Crippen LogP contribution is -1.99. The van der Waals surface area contributed by atoms with E-state index in [0.717, 1.165) is 66.6 Å². The fraction of sp³-hybridized carbons (Fsp3) is 0.0492. The molecule has 0 atom stereocenters. The Morgan fingerprint density at radius 3 is 1.56 bits per heavy atom. The van der Waals surface area contributed by atoms with Gasteiger partial charge >= 0.3 is 0 Å². The van der Waals surface area contributed by atoms with Crippen molar-refractivity contribution < 1.29 is 9.52 Å². The molecule has 0 bridgehead atoms. The summed E-state index contributed by atoms with van der Waals surface area (Å²) < 4.78 is 6.05. The number of rotatable bonds is 11. The maximum absolute atomic E-state index is 10.9. The number of phenolic OH excluding ortho intramolecular Hbond substituents is 1. The van der Waals surface area contributed by atoms with Crippen LogP contribution in [0.4, 0.5) is 5.69 Å². The molecule has 0 spiro atoms. The average Bonchev–Trinajstić information content (AvgIpc) is 3.75. The van der Waals surface area contributed by atoms with Gasteiger partial charge < -0.3 is 14.8 Å². The first-order valence-corrected chi connectivity index (χ1v) is 22.0. The molecule has 0 radical (unpaired) electrons. The van der Waals surface area contributed by atoms with Gasteiger partial charge in [0.15, 0.2) is 0 Å². The fourth-order valence-electron chi connectivity index (χ4n) is 8.13. The Balaban J connectivity index is 0.00000256. The summed E-state index contributed by atoms with van der Waals surface area (Å²) in [4.78, 5) is 0. The van der Waals surface area contributed by atoms with E-state index in [1.807, 2.05) is 68.4 Å². The van der Waals surface area contributed by atoms with Crippen molar-refractivity contribution >= 4 is 39.3 Å². The summed E-state index contributed by atoms with van der Waals surface area (Å²) in [6.07, 6.45) is 6.52. The number of anilines is 1. The first-order chi connectivity index (χ1) is 31.6. The van der Waals surface area contributed by atoms with Gasteiger partial charge in [-0.2, -0.15) is 0 Å². The van der Waals surface area contributed by atoms with E-state index in [9.17, 15) is 5.11 Å². The lowest BCUT2D eigenvalue weighted by molar-refractivity contribution is 0.477. The Kier molecular flexibility index (Phi) is 12.4. The second kappa shape index (κ2) is 19.3. The van der Waals surface area contributed by atoms with Crippen LogP contribution in [0, 0.1) is 0 Å². The third kappa shape index (κ3) is 9.21. The summed E-state index contributed by atoms with van der Waals surface area (Å²) in [7, 11) is 0. The number of aromatic hydroxyl groups is 1. The molecule has 0 aliphatic rings. The number of furan rings is 1. The van der Waals surface area contributed by atoms with Crippen LogP contribution in [-0.2, 0) is 0 Å². The molecular formula is C61H49NO2. The third-order valence-electron chi connectivity index (χ3n) is 11.5. The number of hydrogen-bond donors (Lipinski definition) is 2. The van der Waals surface area contributed by atoms with Crippen LogP contribution in [0.1, 0.15) is 25.0 Å². The highest BCUT2D eigenvalue weighted by Crippen LogP contribution is 2.35. The van der Waals surface area contributed by atoms with Crippen molar-refractivity contribution in [3.63, 3.8) is 0 Å². The zero-order chi connectivity index (χ0) is 43.7. The van der Waals surface area contributed by atoms with E-state index >= 15 is 0 Å². The minimum Gasteiger partial charge on any atom is -0.507 e. The zero-order valence-electron chi connectivity index (χ0n) is 36.1. The Hall–Kier alpha value is -8.14. The lowest BCUT2D eigenvalue weighted by atomic mass is 9.96. The van der Waals surface area contributed by atoms with Gasteiger partial charge in [0.05, 0.1) is 0 Å². The smallest absolute Gasteiger partial charge is 0.135 e. The van der Waals surface area contributed by atoms with E-state index in [2.05, 4.69) is 181 Å². The molecule has 10 rings (SSSR count). The number of allylic oxidation sites excluding steroid dienone is 2. The van der Waals surface area contributed by atoms with E-state index < -0.39 is 0 Å². The summed E-state index contributed by atoms with van der Waals surface area (Å²) in [6, 6.07) is 75.8. The topological polar surface area (TPSA) is 45.4 Å². The van der Waals surface area contributed by atoms with Crippen molar-refractivity contribution in [3.05, 3.63) is 242 Å². The molecule has 1 heterocycles. The Morgan fingerprint density at radius 2 is 0.938 bits per heavy atom. The Bertz CT molecular complexity index is 3180. The van der Waals surface area contributed by atoms with Crippen LogP contribution in [0.25, 0.3) is 89.2 Å². The molecule has 64 heavy (non-hydrogen) atoms. The van der Waals surface area contributed by atoms with Gasteiger partial charge in [0.25, 0.3) is 0 Å². The highest BCUT2D eigenvalue weighted by Gasteiger charge is 2.10. The first kappa shape index (κ1) is 41.2. The van der Waals surface area contributed by atoms with Crippen molar-refractivity contribution in [3.8, 4) is 61.4 Å². The lowest BCUT2D eigenvalue weighted by Gasteiger charge is -2.11. The van der Waals surface area contributed by atoms with Gasteiger partial charge in [-0.3, -0.25) is 0 Å². The highest BCUT2D eigenvalue weighted by atomic mass is 16.3. The molecule has 0 fully saturated rings. The van der Waals surface area contributed by atoms with Crippen LogP contribution in [0.15, 0.2) is 235 Å². The largest absolute Gasteiger partial charge is 0.507 e. The van der Waals surface area contributed by atoms with Gasteiger partial charge in [0.2, 0.25) is 0 Å². The van der Waals surface area contributed by atoms with E-state index in [4.69, 9.17) is 4.42 Å². The number of fused-ring (bicyclic) bond motifs is 3. The van der Waals surface area contributed by atoms with Crippen LogP contribution >= 0.6 is 0 Å². The van der Waals surface area contributed by atoms with Crippen LogP contribution in [0.2, 0.25) is 0 Å². The van der Waals surface area contributed by atoms with Crippen molar-refractivity contribution in [2.45, 2.75) is 13.8 Å². The molecule has 2 N–H and O–H groups in total. The zero-order valence-corrected chi connectivity index (χ0v) is 36.1. The van der Waals surface area contributed by atoms with E-state index in [0.29, 0.717) is 6.54 Å². The Labute approximate surface area is 376 Å². The SMILES string of the molecule is CC.Oc1ccc(C(/C=C\c2ccc(-c3ccc(-c4ccc(-c5ccccc5)cc4)cc3)cc2)=C/CNc2ccc(-c3ccc4oc5ccccc5c4c3)cc2)cc1-c1ccccc1. The molecule has 3 nitrogen and oxygen atoms in total. The number of hydrogen-bond acceptors (Lipinski definition) is 3. The van der Waals surface area contributed by atoms with Gasteiger partial charge in [0.1, 0.15) is 16.9 Å². The summed E-state index contributed by atoms with van der Waals surface area (Å²) in [5.74, 6) is 0.256. The van der Waals surface area contributed by atoms with Crippen molar-refractivity contribution in [2.75, 3.05) is 11.9 Å². The highest BCUT2D eigenvalue weighted by molar-refractivity contribution is 6.06. The van der Waals surface area contributed by atoms with Crippen molar-refractivity contribution in [2.24, 2.45) is 0 Å². The standard InChI is InChI=1S/C59H43NO2.C2H6/c61-57-35-31-51(39-55(57)50-11-5-2-6-12-50)49(37-38-60-53-33-29-48(30-34-53)52-32-36-59-56(40-52)54-13-7-8-14-58(54)62-59)20-17-41-15-18-43(19-16-41)45-25-27-47(28-26-45)46-23-21-44(22-24-46)42-9-3-1-4-10-42;1-2/h1-37,39-40,60-61H,38H2;1-2H3/b20-17-,49-37+;. The van der Waals surface area contributed by atoms with E-state index in [1.165, 1.54) is 33.4 Å².